The number of hydrogen-bond acceptors (Lipinski definition) is 6. The minimum absolute atomic E-state index is 0.0194. The molecule has 1 aliphatic heterocycles. The predicted molar refractivity (Wildman–Crippen MR) is 127 cm³/mol. The Kier molecular flexibility index (Phi) is 6.55. The molecule has 0 unspecified atom stereocenters. The summed E-state index contributed by atoms with van der Waals surface area (Å²) in [5.74, 6) is 0.970. The Balaban J connectivity index is 1.63. The molecule has 0 saturated carbocycles. The van der Waals surface area contributed by atoms with Gasteiger partial charge in [-0.15, -0.1) is 11.3 Å². The van der Waals surface area contributed by atoms with Crippen molar-refractivity contribution in [3.8, 4) is 0 Å². The molecule has 0 bridgehead atoms. The predicted octanol–water partition coefficient (Wildman–Crippen LogP) is 4.07. The number of morpholine rings is 1. The van der Waals surface area contributed by atoms with Crippen LogP contribution in [0.4, 0.5) is 5.82 Å². The Labute approximate surface area is 187 Å². The third kappa shape index (κ3) is 4.74. The van der Waals surface area contributed by atoms with Crippen LogP contribution in [0.5, 0.6) is 0 Å². The van der Waals surface area contributed by atoms with Crippen molar-refractivity contribution in [3.63, 3.8) is 0 Å². The molecule has 1 aliphatic rings. The average Bonchev–Trinajstić information content (AvgIpc) is 3.13. The van der Waals surface area contributed by atoms with Crippen LogP contribution < -0.4 is 10.2 Å². The fourth-order valence-electron chi connectivity index (χ4n) is 4.10. The van der Waals surface area contributed by atoms with Crippen LogP contribution in [-0.2, 0) is 11.3 Å². The molecule has 3 aromatic rings. The number of amides is 1. The first-order chi connectivity index (χ1) is 14.9. The third-order valence-corrected chi connectivity index (χ3v) is 6.60. The smallest absolute Gasteiger partial charge is 0.261 e. The van der Waals surface area contributed by atoms with Gasteiger partial charge >= 0.3 is 0 Å². The Hall–Kier alpha value is -2.48. The number of hydrogen-bond donors (Lipinski definition) is 1. The minimum atomic E-state index is -0.141. The van der Waals surface area contributed by atoms with Crippen LogP contribution in [0, 0.1) is 0 Å². The van der Waals surface area contributed by atoms with Gasteiger partial charge in [-0.1, -0.05) is 24.3 Å². The quantitative estimate of drug-likeness (QED) is 0.629. The third-order valence-electron chi connectivity index (χ3n) is 5.42. The molecule has 0 spiro atoms. The Morgan fingerprint density at radius 1 is 1.29 bits per heavy atom. The molecule has 1 amide bonds. The molecular weight excluding hydrogens is 408 g/mol. The summed E-state index contributed by atoms with van der Waals surface area (Å²) in [6.45, 7) is 7.01. The summed E-state index contributed by atoms with van der Waals surface area (Å²) in [7, 11) is 4.04. The van der Waals surface area contributed by atoms with E-state index in [0.717, 1.165) is 46.0 Å². The number of aromatic nitrogens is 1. The van der Waals surface area contributed by atoms with Gasteiger partial charge < -0.3 is 15.0 Å². The summed E-state index contributed by atoms with van der Waals surface area (Å²) in [5.41, 5.74) is 2.21. The zero-order valence-corrected chi connectivity index (χ0v) is 19.4. The first-order valence-corrected chi connectivity index (χ1v) is 11.5. The largest absolute Gasteiger partial charge is 0.371 e. The van der Waals surface area contributed by atoms with Crippen LogP contribution in [0.1, 0.15) is 40.8 Å². The SMILES string of the molecule is CC(C)NC(=O)c1sc2ccccc2c1[C@H]1CN(Cc2cccnc2N(C)C)CCO1. The summed E-state index contributed by atoms with van der Waals surface area (Å²) in [6, 6.07) is 12.4. The number of nitrogens with one attached hydrogen (secondary N) is 1. The molecule has 0 aliphatic carbocycles. The molecule has 1 aromatic carbocycles. The number of anilines is 1. The van der Waals surface area contributed by atoms with Crippen molar-refractivity contribution >= 4 is 33.1 Å². The molecule has 7 heteroatoms. The van der Waals surface area contributed by atoms with E-state index in [-0.39, 0.29) is 18.1 Å². The monoisotopic (exact) mass is 438 g/mol. The zero-order valence-electron chi connectivity index (χ0n) is 18.6. The highest BCUT2D eigenvalue weighted by atomic mass is 32.1. The molecular formula is C24H30N4O2S. The maximum atomic E-state index is 13.0. The number of ether oxygens (including phenoxy) is 1. The molecule has 3 heterocycles. The van der Waals surface area contributed by atoms with Crippen molar-refractivity contribution in [1.82, 2.24) is 15.2 Å². The number of thiophene rings is 1. The Morgan fingerprint density at radius 3 is 2.87 bits per heavy atom. The lowest BCUT2D eigenvalue weighted by molar-refractivity contribution is -0.0323. The normalized spacial score (nSPS) is 17.3. The molecule has 1 atom stereocenters. The fourth-order valence-corrected chi connectivity index (χ4v) is 5.26. The van der Waals surface area contributed by atoms with Gasteiger partial charge in [0.15, 0.2) is 0 Å². The summed E-state index contributed by atoms with van der Waals surface area (Å²) < 4.78 is 7.35. The van der Waals surface area contributed by atoms with Gasteiger partial charge in [0.05, 0.1) is 17.6 Å². The number of nitrogens with zero attached hydrogens (tertiary/aromatic N) is 3. The first-order valence-electron chi connectivity index (χ1n) is 10.7. The van der Waals surface area contributed by atoms with Gasteiger partial charge in [-0.05, 0) is 31.4 Å². The van der Waals surface area contributed by atoms with Crippen LogP contribution in [0.15, 0.2) is 42.6 Å². The molecule has 1 fully saturated rings. The van der Waals surface area contributed by atoms with Gasteiger partial charge in [0.2, 0.25) is 0 Å². The highest BCUT2D eigenvalue weighted by Gasteiger charge is 2.30. The lowest BCUT2D eigenvalue weighted by Gasteiger charge is -2.34. The van der Waals surface area contributed by atoms with E-state index in [1.165, 1.54) is 5.56 Å². The first kappa shape index (κ1) is 21.7. The standard InChI is InChI=1S/C24H30N4O2S/c1-16(2)26-24(29)22-21(18-9-5-6-10-20(18)31-22)19-15-28(12-13-30-19)14-17-8-7-11-25-23(17)27(3)4/h5-11,16,19H,12-15H2,1-4H3,(H,26,29)/t19-/m1/s1. The van der Waals surface area contributed by atoms with Crippen molar-refractivity contribution in [2.45, 2.75) is 32.5 Å². The van der Waals surface area contributed by atoms with Crippen LogP contribution in [0.2, 0.25) is 0 Å². The van der Waals surface area contributed by atoms with Crippen LogP contribution in [0.3, 0.4) is 0 Å². The van der Waals surface area contributed by atoms with Crippen molar-refractivity contribution in [3.05, 3.63) is 58.6 Å². The van der Waals surface area contributed by atoms with Gasteiger partial charge in [-0.3, -0.25) is 9.69 Å². The maximum absolute atomic E-state index is 13.0. The van der Waals surface area contributed by atoms with Crippen molar-refractivity contribution in [2.75, 3.05) is 38.7 Å². The van der Waals surface area contributed by atoms with E-state index >= 15 is 0 Å². The molecule has 164 valence electrons. The van der Waals surface area contributed by atoms with Crippen molar-refractivity contribution < 1.29 is 9.53 Å². The van der Waals surface area contributed by atoms with E-state index in [9.17, 15) is 4.79 Å². The number of rotatable bonds is 6. The van der Waals surface area contributed by atoms with Gasteiger partial charge in [0.25, 0.3) is 5.91 Å². The van der Waals surface area contributed by atoms with E-state index < -0.39 is 0 Å². The molecule has 1 saturated heterocycles. The highest BCUT2D eigenvalue weighted by molar-refractivity contribution is 7.21. The molecule has 1 N–H and O–H groups in total. The summed E-state index contributed by atoms with van der Waals surface area (Å²) in [6.07, 6.45) is 1.69. The molecule has 4 rings (SSSR count). The number of carbonyl (C=O) groups is 1. The van der Waals surface area contributed by atoms with Crippen molar-refractivity contribution in [1.29, 1.82) is 0 Å². The average molecular weight is 439 g/mol. The van der Waals surface area contributed by atoms with Crippen molar-refractivity contribution in [2.24, 2.45) is 0 Å². The minimum Gasteiger partial charge on any atom is -0.371 e. The van der Waals surface area contributed by atoms with Gasteiger partial charge in [0.1, 0.15) is 5.82 Å². The van der Waals surface area contributed by atoms with Crippen LogP contribution in [-0.4, -0.2) is 55.6 Å². The Morgan fingerprint density at radius 2 is 2.10 bits per heavy atom. The fraction of sp³-hybridized carbons (Fsp3) is 0.417. The van der Waals surface area contributed by atoms with Crippen LogP contribution in [0.25, 0.3) is 10.1 Å². The number of benzene rings is 1. The maximum Gasteiger partial charge on any atom is 0.261 e. The van der Waals surface area contributed by atoms with E-state index in [2.05, 4.69) is 33.4 Å². The van der Waals surface area contributed by atoms with E-state index in [0.29, 0.717) is 6.61 Å². The van der Waals surface area contributed by atoms with E-state index in [1.807, 2.05) is 57.2 Å². The second kappa shape index (κ2) is 9.34. The number of fused-ring (bicyclic) bond motifs is 1. The van der Waals surface area contributed by atoms with Gasteiger partial charge in [-0.25, -0.2) is 4.98 Å². The Bertz CT molecular complexity index is 1060. The highest BCUT2D eigenvalue weighted by Crippen LogP contribution is 2.38. The van der Waals surface area contributed by atoms with Gasteiger partial charge in [0, 0.05) is 61.8 Å². The second-order valence-electron chi connectivity index (χ2n) is 8.44. The van der Waals surface area contributed by atoms with Gasteiger partial charge in [-0.2, -0.15) is 0 Å². The van der Waals surface area contributed by atoms with E-state index in [1.54, 1.807) is 11.3 Å². The summed E-state index contributed by atoms with van der Waals surface area (Å²) in [4.78, 5) is 22.7. The summed E-state index contributed by atoms with van der Waals surface area (Å²) >= 11 is 1.55. The summed E-state index contributed by atoms with van der Waals surface area (Å²) in [5, 5.41) is 4.17. The second-order valence-corrected chi connectivity index (χ2v) is 9.50. The van der Waals surface area contributed by atoms with Crippen LogP contribution >= 0.6 is 11.3 Å². The zero-order chi connectivity index (χ0) is 22.0. The number of pyridine rings is 1. The lowest BCUT2D eigenvalue weighted by Crippen LogP contribution is -2.39. The lowest BCUT2D eigenvalue weighted by atomic mass is 10.0. The van der Waals surface area contributed by atoms with E-state index in [4.69, 9.17) is 4.74 Å². The molecule has 2 aromatic heterocycles. The number of carbonyl (C=O) groups excluding carboxylic acids is 1. The molecule has 6 nitrogen and oxygen atoms in total. The molecule has 31 heavy (non-hydrogen) atoms. The topological polar surface area (TPSA) is 57.7 Å². The molecule has 0 radical (unpaired) electrons.